The average Bonchev–Trinajstić information content (AvgIpc) is 2.42. The van der Waals surface area contributed by atoms with Gasteiger partial charge in [0.25, 0.3) is 0 Å². The third kappa shape index (κ3) is 5.13. The van der Waals surface area contributed by atoms with E-state index in [1.54, 1.807) is 7.05 Å². The lowest BCUT2D eigenvalue weighted by Gasteiger charge is -2.21. The number of hydrogen-bond donors (Lipinski definition) is 0. The van der Waals surface area contributed by atoms with E-state index in [0.29, 0.717) is 0 Å². The highest BCUT2D eigenvalue weighted by Crippen LogP contribution is 2.29. The van der Waals surface area contributed by atoms with Crippen LogP contribution in [0, 0.1) is 0 Å². The average molecular weight is 327 g/mol. The van der Waals surface area contributed by atoms with Crippen LogP contribution < -0.4 is 0 Å². The van der Waals surface area contributed by atoms with Gasteiger partial charge in [-0.05, 0) is 30.7 Å². The Morgan fingerprint density at radius 1 is 1.17 bits per heavy atom. The van der Waals surface area contributed by atoms with Crippen molar-refractivity contribution in [3.8, 4) is 0 Å². The first-order valence-corrected chi connectivity index (χ1v) is 6.67. The van der Waals surface area contributed by atoms with E-state index in [4.69, 9.17) is 9.31 Å². The van der Waals surface area contributed by atoms with E-state index in [1.807, 2.05) is 0 Å². The standard InChI is InChI=1S/C14H13BF3NO4/c1-19-8-12(20)22-15(23-13(21)9-19)6-5-10-3-2-4-11(7-10)14(16,17)18/h2-7H,8-9H2,1H3/b6-5+. The number of rotatable bonds is 2. The second-order valence-electron chi connectivity index (χ2n) is 5.00. The lowest BCUT2D eigenvalue weighted by Crippen LogP contribution is -2.41. The molecule has 9 heteroatoms. The van der Waals surface area contributed by atoms with Crippen molar-refractivity contribution in [1.29, 1.82) is 0 Å². The van der Waals surface area contributed by atoms with Crippen LogP contribution in [0.3, 0.4) is 0 Å². The van der Waals surface area contributed by atoms with Crippen LogP contribution >= 0.6 is 0 Å². The summed E-state index contributed by atoms with van der Waals surface area (Å²) in [6.07, 6.45) is -3.15. The fraction of sp³-hybridized carbons (Fsp3) is 0.286. The molecule has 0 spiro atoms. The zero-order chi connectivity index (χ0) is 17.0. The third-order valence-electron chi connectivity index (χ3n) is 2.95. The molecule has 0 aromatic heterocycles. The minimum absolute atomic E-state index is 0.0804. The van der Waals surface area contributed by atoms with E-state index in [-0.39, 0.29) is 18.7 Å². The molecule has 1 saturated heterocycles. The van der Waals surface area contributed by atoms with Gasteiger partial charge in [-0.1, -0.05) is 18.2 Å². The van der Waals surface area contributed by atoms with Gasteiger partial charge in [-0.15, -0.1) is 0 Å². The molecule has 122 valence electrons. The molecule has 0 atom stereocenters. The van der Waals surface area contributed by atoms with Gasteiger partial charge in [0.05, 0.1) is 18.7 Å². The van der Waals surface area contributed by atoms with E-state index >= 15 is 0 Å². The van der Waals surface area contributed by atoms with Crippen molar-refractivity contribution in [3.63, 3.8) is 0 Å². The Balaban J connectivity index is 2.12. The Kier molecular flexibility index (Phi) is 5.10. The Bertz CT molecular complexity index is 613. The quantitative estimate of drug-likeness (QED) is 0.775. The van der Waals surface area contributed by atoms with Gasteiger partial charge in [-0.25, -0.2) is 0 Å². The Hall–Kier alpha value is -2.29. The third-order valence-corrected chi connectivity index (χ3v) is 2.95. The molecular formula is C14H13BF3NO4. The van der Waals surface area contributed by atoms with E-state index < -0.39 is 30.8 Å². The lowest BCUT2D eigenvalue weighted by atomic mass is 9.88. The highest BCUT2D eigenvalue weighted by atomic mass is 19.4. The molecule has 0 N–H and O–H groups in total. The summed E-state index contributed by atoms with van der Waals surface area (Å²) in [6.45, 7) is -0.161. The number of carbonyl (C=O) groups is 2. The molecule has 1 aromatic carbocycles. The molecule has 0 aliphatic carbocycles. The molecule has 0 amide bonds. The minimum Gasteiger partial charge on any atom is -0.495 e. The summed E-state index contributed by atoms with van der Waals surface area (Å²) in [4.78, 5) is 24.5. The normalized spacial score (nSPS) is 17.7. The predicted octanol–water partition coefficient (Wildman–Crippen LogP) is 1.78. The van der Waals surface area contributed by atoms with Crippen molar-refractivity contribution in [1.82, 2.24) is 4.90 Å². The number of alkyl halides is 3. The lowest BCUT2D eigenvalue weighted by molar-refractivity contribution is -0.145. The van der Waals surface area contributed by atoms with E-state index in [1.165, 1.54) is 29.1 Å². The van der Waals surface area contributed by atoms with Crippen LogP contribution in [-0.2, 0) is 25.1 Å². The molecule has 1 heterocycles. The van der Waals surface area contributed by atoms with Crippen molar-refractivity contribution in [2.75, 3.05) is 20.1 Å². The fourth-order valence-electron chi connectivity index (χ4n) is 1.94. The highest BCUT2D eigenvalue weighted by molar-refractivity contribution is 6.55. The first-order chi connectivity index (χ1) is 10.7. The summed E-state index contributed by atoms with van der Waals surface area (Å²) < 4.78 is 47.7. The fourth-order valence-corrected chi connectivity index (χ4v) is 1.94. The maximum absolute atomic E-state index is 12.6. The number of nitrogens with zero attached hydrogens (tertiary/aromatic N) is 1. The largest absolute Gasteiger partial charge is 0.628 e. The van der Waals surface area contributed by atoms with Crippen LogP contribution in [0.5, 0.6) is 0 Å². The van der Waals surface area contributed by atoms with Crippen molar-refractivity contribution >= 4 is 25.1 Å². The molecule has 1 aliphatic rings. The minimum atomic E-state index is -4.45. The molecule has 0 radical (unpaired) electrons. The number of likely N-dealkylation sites (N-methyl/N-ethyl adjacent to an activating group) is 1. The highest BCUT2D eigenvalue weighted by Gasteiger charge is 2.31. The number of carbonyl (C=O) groups excluding carboxylic acids is 2. The first-order valence-electron chi connectivity index (χ1n) is 6.67. The summed E-state index contributed by atoms with van der Waals surface area (Å²) in [5.74, 6) is 0.0220. The molecule has 23 heavy (non-hydrogen) atoms. The molecule has 0 unspecified atom stereocenters. The summed E-state index contributed by atoms with van der Waals surface area (Å²) in [5.41, 5.74) is -0.556. The zero-order valence-corrected chi connectivity index (χ0v) is 12.2. The number of halogens is 3. The van der Waals surface area contributed by atoms with Gasteiger partial charge >= 0.3 is 25.2 Å². The summed E-state index contributed by atoms with van der Waals surface area (Å²) in [7, 11) is 0.291. The van der Waals surface area contributed by atoms with E-state index in [0.717, 1.165) is 12.1 Å². The molecule has 0 saturated carbocycles. The van der Waals surface area contributed by atoms with Crippen molar-refractivity contribution in [2.24, 2.45) is 0 Å². The Morgan fingerprint density at radius 3 is 2.35 bits per heavy atom. The second-order valence-corrected chi connectivity index (χ2v) is 5.00. The van der Waals surface area contributed by atoms with Crippen molar-refractivity contribution in [3.05, 3.63) is 41.4 Å². The van der Waals surface area contributed by atoms with Crippen LogP contribution in [0.2, 0.25) is 0 Å². The first kappa shape index (κ1) is 17.1. The zero-order valence-electron chi connectivity index (χ0n) is 12.2. The van der Waals surface area contributed by atoms with Gasteiger partial charge in [0, 0.05) is 0 Å². The molecule has 5 nitrogen and oxygen atoms in total. The maximum atomic E-state index is 12.6. The van der Waals surface area contributed by atoms with E-state index in [2.05, 4.69) is 0 Å². The predicted molar refractivity (Wildman–Crippen MR) is 75.9 cm³/mol. The smallest absolute Gasteiger partial charge is 0.495 e. The number of hydrogen-bond acceptors (Lipinski definition) is 5. The summed E-state index contributed by atoms with van der Waals surface area (Å²) >= 11 is 0. The van der Waals surface area contributed by atoms with Gasteiger partial charge < -0.3 is 9.31 Å². The summed E-state index contributed by atoms with van der Waals surface area (Å²) in [5, 5.41) is 0. The molecule has 2 rings (SSSR count). The van der Waals surface area contributed by atoms with Gasteiger partial charge in [0.1, 0.15) is 0 Å². The molecular weight excluding hydrogens is 314 g/mol. The molecule has 1 fully saturated rings. The number of benzene rings is 1. The molecule has 0 bridgehead atoms. The van der Waals surface area contributed by atoms with E-state index in [9.17, 15) is 22.8 Å². The van der Waals surface area contributed by atoms with Crippen molar-refractivity contribution in [2.45, 2.75) is 6.18 Å². The van der Waals surface area contributed by atoms with Crippen LogP contribution in [0.4, 0.5) is 13.2 Å². The van der Waals surface area contributed by atoms with Gasteiger partial charge in [-0.3, -0.25) is 14.5 Å². The second kappa shape index (κ2) is 6.87. The maximum Gasteiger partial charge on any atom is 0.628 e. The molecule has 1 aromatic rings. The Labute approximate surface area is 130 Å². The SMILES string of the molecule is CN1CC(=O)OB(/C=C/c2cccc(C(F)(F)F)c2)OC(=O)C1. The van der Waals surface area contributed by atoms with Gasteiger partial charge in [0.15, 0.2) is 0 Å². The van der Waals surface area contributed by atoms with Crippen LogP contribution in [0.15, 0.2) is 30.2 Å². The summed E-state index contributed by atoms with van der Waals surface area (Å²) in [6, 6.07) is 4.60. The van der Waals surface area contributed by atoms with Crippen LogP contribution in [0.25, 0.3) is 6.08 Å². The van der Waals surface area contributed by atoms with Crippen LogP contribution in [-0.4, -0.2) is 44.1 Å². The van der Waals surface area contributed by atoms with Crippen LogP contribution in [0.1, 0.15) is 11.1 Å². The monoisotopic (exact) mass is 327 g/mol. The topological polar surface area (TPSA) is 55.8 Å². The molecule has 1 aliphatic heterocycles. The Morgan fingerprint density at radius 2 is 1.78 bits per heavy atom. The van der Waals surface area contributed by atoms with Gasteiger partial charge in [0.2, 0.25) is 0 Å². The van der Waals surface area contributed by atoms with Gasteiger partial charge in [-0.2, -0.15) is 13.2 Å². The van der Waals surface area contributed by atoms with Crippen molar-refractivity contribution < 1.29 is 32.1 Å².